The Labute approximate surface area is 112 Å². The molecule has 1 rings (SSSR count). The van der Waals surface area contributed by atoms with Crippen LogP contribution in [0.2, 0.25) is 5.02 Å². The van der Waals surface area contributed by atoms with Gasteiger partial charge in [-0.15, -0.1) is 0 Å². The summed E-state index contributed by atoms with van der Waals surface area (Å²) in [5.74, 6) is -0.441. The molecule has 0 bridgehead atoms. The zero-order chi connectivity index (χ0) is 13.7. The number of hydrogen-bond acceptors (Lipinski definition) is 2. The van der Waals surface area contributed by atoms with E-state index < -0.39 is 6.04 Å². The number of halogens is 1. The normalized spacial score (nSPS) is 12.1. The summed E-state index contributed by atoms with van der Waals surface area (Å²) in [7, 11) is 0. The molecular weight excluding hydrogens is 252 g/mol. The van der Waals surface area contributed by atoms with Gasteiger partial charge >= 0.3 is 0 Å². The van der Waals surface area contributed by atoms with E-state index in [1.54, 1.807) is 24.3 Å². The molecule has 5 heteroatoms. The molecule has 4 nitrogen and oxygen atoms in total. The minimum Gasteiger partial charge on any atom is -0.344 e. The first kappa shape index (κ1) is 14.5. The van der Waals surface area contributed by atoms with E-state index in [0.717, 1.165) is 0 Å². The highest BCUT2D eigenvalue weighted by atomic mass is 35.5. The Hall–Kier alpha value is -1.55. The number of benzene rings is 1. The van der Waals surface area contributed by atoms with Crippen LogP contribution in [0.5, 0.6) is 0 Å². The van der Waals surface area contributed by atoms with Crippen molar-refractivity contribution in [2.24, 2.45) is 5.92 Å². The van der Waals surface area contributed by atoms with Gasteiger partial charge < -0.3 is 10.6 Å². The SMILES string of the molecule is CC(=O)NC(C(=O)Nc1ccc(Cl)cc1)C(C)C. The Morgan fingerprint density at radius 1 is 1.17 bits per heavy atom. The summed E-state index contributed by atoms with van der Waals surface area (Å²) in [6, 6.07) is 6.27. The average molecular weight is 269 g/mol. The van der Waals surface area contributed by atoms with Crippen molar-refractivity contribution in [3.63, 3.8) is 0 Å². The minimum atomic E-state index is -0.543. The number of nitrogens with one attached hydrogen (secondary N) is 2. The van der Waals surface area contributed by atoms with Crippen molar-refractivity contribution in [3.8, 4) is 0 Å². The Balaban J connectivity index is 2.72. The monoisotopic (exact) mass is 268 g/mol. The maximum absolute atomic E-state index is 12.0. The first-order valence-corrected chi connectivity index (χ1v) is 6.11. The zero-order valence-corrected chi connectivity index (χ0v) is 11.4. The number of hydrogen-bond donors (Lipinski definition) is 2. The molecule has 2 N–H and O–H groups in total. The van der Waals surface area contributed by atoms with Crippen LogP contribution in [0.1, 0.15) is 20.8 Å². The molecule has 0 aliphatic carbocycles. The van der Waals surface area contributed by atoms with Crippen LogP contribution in [0.3, 0.4) is 0 Å². The van der Waals surface area contributed by atoms with Gasteiger partial charge in [-0.3, -0.25) is 9.59 Å². The largest absolute Gasteiger partial charge is 0.344 e. The lowest BCUT2D eigenvalue weighted by molar-refractivity contribution is -0.126. The van der Waals surface area contributed by atoms with Gasteiger partial charge in [-0.2, -0.15) is 0 Å². The van der Waals surface area contributed by atoms with Crippen molar-refractivity contribution in [1.29, 1.82) is 0 Å². The molecule has 1 aromatic rings. The molecule has 1 unspecified atom stereocenters. The standard InChI is InChI=1S/C13H17ClN2O2/c1-8(2)12(15-9(3)17)13(18)16-11-6-4-10(14)5-7-11/h4-8,12H,1-3H3,(H,15,17)(H,16,18). The lowest BCUT2D eigenvalue weighted by Gasteiger charge is -2.20. The third-order valence-corrected chi connectivity index (χ3v) is 2.67. The summed E-state index contributed by atoms with van der Waals surface area (Å²) in [5.41, 5.74) is 0.653. The summed E-state index contributed by atoms with van der Waals surface area (Å²) >= 11 is 5.76. The highest BCUT2D eigenvalue weighted by Gasteiger charge is 2.22. The fraction of sp³-hybridized carbons (Fsp3) is 0.385. The second kappa shape index (κ2) is 6.40. The quantitative estimate of drug-likeness (QED) is 0.881. The molecule has 0 aliphatic heterocycles. The van der Waals surface area contributed by atoms with Gasteiger partial charge in [0.15, 0.2) is 0 Å². The second-order valence-corrected chi connectivity index (χ2v) is 4.85. The van der Waals surface area contributed by atoms with Gasteiger partial charge in [0.2, 0.25) is 11.8 Å². The average Bonchev–Trinajstić information content (AvgIpc) is 2.28. The predicted molar refractivity (Wildman–Crippen MR) is 72.5 cm³/mol. The smallest absolute Gasteiger partial charge is 0.247 e. The van der Waals surface area contributed by atoms with E-state index in [1.807, 2.05) is 13.8 Å². The molecule has 1 atom stereocenters. The Bertz CT molecular complexity index is 429. The van der Waals surface area contributed by atoms with Gasteiger partial charge in [-0.25, -0.2) is 0 Å². The molecule has 2 amide bonds. The van der Waals surface area contributed by atoms with Crippen molar-refractivity contribution in [2.45, 2.75) is 26.8 Å². The maximum atomic E-state index is 12.0. The number of rotatable bonds is 4. The van der Waals surface area contributed by atoms with Gasteiger partial charge in [0.05, 0.1) is 0 Å². The molecule has 0 saturated heterocycles. The Morgan fingerprint density at radius 3 is 2.17 bits per heavy atom. The first-order valence-electron chi connectivity index (χ1n) is 5.73. The van der Waals surface area contributed by atoms with Crippen LogP contribution in [0.4, 0.5) is 5.69 Å². The molecular formula is C13H17ClN2O2. The topological polar surface area (TPSA) is 58.2 Å². The molecule has 0 aliphatic rings. The first-order chi connectivity index (χ1) is 8.40. The Morgan fingerprint density at radius 2 is 1.72 bits per heavy atom. The number of carbonyl (C=O) groups is 2. The summed E-state index contributed by atoms with van der Waals surface area (Å²) in [4.78, 5) is 23.1. The van der Waals surface area contributed by atoms with Crippen LogP contribution < -0.4 is 10.6 Å². The van der Waals surface area contributed by atoms with Crippen molar-refractivity contribution in [1.82, 2.24) is 5.32 Å². The molecule has 18 heavy (non-hydrogen) atoms. The molecule has 1 aromatic carbocycles. The van der Waals surface area contributed by atoms with Crippen LogP contribution in [-0.4, -0.2) is 17.9 Å². The fourth-order valence-corrected chi connectivity index (χ4v) is 1.63. The molecule has 0 radical (unpaired) electrons. The lowest BCUT2D eigenvalue weighted by atomic mass is 10.0. The molecule has 98 valence electrons. The van der Waals surface area contributed by atoms with E-state index in [4.69, 9.17) is 11.6 Å². The number of carbonyl (C=O) groups excluding carboxylic acids is 2. The van der Waals surface area contributed by atoms with Crippen molar-refractivity contribution < 1.29 is 9.59 Å². The number of anilines is 1. The fourth-order valence-electron chi connectivity index (χ4n) is 1.51. The van der Waals surface area contributed by atoms with Crippen LogP contribution in [0.15, 0.2) is 24.3 Å². The van der Waals surface area contributed by atoms with Gasteiger partial charge in [0.25, 0.3) is 0 Å². The predicted octanol–water partition coefficient (Wildman–Crippen LogP) is 2.44. The van der Waals surface area contributed by atoms with E-state index in [9.17, 15) is 9.59 Å². The summed E-state index contributed by atoms with van der Waals surface area (Å²) in [5, 5.41) is 5.98. The maximum Gasteiger partial charge on any atom is 0.247 e. The van der Waals surface area contributed by atoms with E-state index >= 15 is 0 Å². The number of amides is 2. The van der Waals surface area contributed by atoms with Gasteiger partial charge in [0, 0.05) is 17.6 Å². The van der Waals surface area contributed by atoms with Crippen molar-refractivity contribution in [3.05, 3.63) is 29.3 Å². The van der Waals surface area contributed by atoms with Gasteiger partial charge in [-0.1, -0.05) is 25.4 Å². The van der Waals surface area contributed by atoms with Crippen LogP contribution >= 0.6 is 11.6 Å². The van der Waals surface area contributed by atoms with E-state index in [-0.39, 0.29) is 17.7 Å². The molecule has 0 spiro atoms. The van der Waals surface area contributed by atoms with E-state index in [2.05, 4.69) is 10.6 Å². The van der Waals surface area contributed by atoms with Crippen LogP contribution in [0.25, 0.3) is 0 Å². The van der Waals surface area contributed by atoms with E-state index in [0.29, 0.717) is 10.7 Å². The minimum absolute atomic E-state index is 0.0150. The molecule has 0 saturated carbocycles. The van der Waals surface area contributed by atoms with Gasteiger partial charge in [-0.05, 0) is 30.2 Å². The molecule has 0 aromatic heterocycles. The lowest BCUT2D eigenvalue weighted by Crippen LogP contribution is -2.46. The summed E-state index contributed by atoms with van der Waals surface area (Å²) in [6.07, 6.45) is 0. The Kier molecular flexibility index (Phi) is 5.16. The van der Waals surface area contributed by atoms with Gasteiger partial charge in [0.1, 0.15) is 6.04 Å². The van der Waals surface area contributed by atoms with Crippen LogP contribution in [0, 0.1) is 5.92 Å². The third kappa shape index (κ3) is 4.37. The van der Waals surface area contributed by atoms with Crippen molar-refractivity contribution >= 4 is 29.1 Å². The molecule has 0 heterocycles. The third-order valence-electron chi connectivity index (χ3n) is 2.42. The summed E-state index contributed by atoms with van der Waals surface area (Å²) < 4.78 is 0. The van der Waals surface area contributed by atoms with E-state index in [1.165, 1.54) is 6.92 Å². The highest BCUT2D eigenvalue weighted by Crippen LogP contribution is 2.14. The second-order valence-electron chi connectivity index (χ2n) is 4.42. The van der Waals surface area contributed by atoms with Crippen molar-refractivity contribution in [2.75, 3.05) is 5.32 Å². The molecule has 0 fully saturated rings. The highest BCUT2D eigenvalue weighted by molar-refractivity contribution is 6.30. The van der Waals surface area contributed by atoms with Crippen LogP contribution in [-0.2, 0) is 9.59 Å². The summed E-state index contributed by atoms with van der Waals surface area (Å²) in [6.45, 7) is 5.15. The zero-order valence-electron chi connectivity index (χ0n) is 10.7.